The van der Waals surface area contributed by atoms with E-state index in [1.807, 2.05) is 11.5 Å². The molecule has 0 spiro atoms. The number of hydrogen-bond acceptors (Lipinski definition) is 6. The van der Waals surface area contributed by atoms with Crippen molar-refractivity contribution < 1.29 is 4.92 Å². The SMILES string of the molecule is CCn1cnnc1CNCc1ccc([N+](=O)[O-])s1. The first-order valence-electron chi connectivity index (χ1n) is 5.51. The Bertz CT molecular complexity index is 536. The number of aromatic nitrogens is 3. The summed E-state index contributed by atoms with van der Waals surface area (Å²) in [4.78, 5) is 11.1. The molecule has 0 radical (unpaired) electrons. The Balaban J connectivity index is 1.86. The zero-order chi connectivity index (χ0) is 13.0. The van der Waals surface area contributed by atoms with Gasteiger partial charge in [0.2, 0.25) is 0 Å². The van der Waals surface area contributed by atoms with Gasteiger partial charge in [0.05, 0.1) is 11.5 Å². The largest absolute Gasteiger partial charge is 0.324 e. The zero-order valence-electron chi connectivity index (χ0n) is 9.87. The molecule has 2 heterocycles. The molecule has 1 N–H and O–H groups in total. The van der Waals surface area contributed by atoms with Crippen LogP contribution in [0.5, 0.6) is 0 Å². The molecule has 0 unspecified atom stereocenters. The molecule has 0 aliphatic carbocycles. The summed E-state index contributed by atoms with van der Waals surface area (Å²) >= 11 is 1.18. The van der Waals surface area contributed by atoms with Crippen molar-refractivity contribution in [3.05, 3.63) is 39.3 Å². The van der Waals surface area contributed by atoms with E-state index in [-0.39, 0.29) is 9.92 Å². The third-order valence-electron chi connectivity index (χ3n) is 2.45. The highest BCUT2D eigenvalue weighted by Gasteiger charge is 2.09. The first-order chi connectivity index (χ1) is 8.70. The summed E-state index contributed by atoms with van der Waals surface area (Å²) in [7, 11) is 0. The molecule has 2 aromatic rings. The maximum Gasteiger partial charge on any atom is 0.324 e. The highest BCUT2D eigenvalue weighted by Crippen LogP contribution is 2.23. The molecule has 0 fully saturated rings. The Kier molecular flexibility index (Phi) is 4.00. The van der Waals surface area contributed by atoms with Crippen molar-refractivity contribution in [2.75, 3.05) is 0 Å². The van der Waals surface area contributed by atoms with E-state index in [2.05, 4.69) is 15.5 Å². The molecule has 0 atom stereocenters. The van der Waals surface area contributed by atoms with Gasteiger partial charge in [-0.1, -0.05) is 11.3 Å². The molecule has 18 heavy (non-hydrogen) atoms. The average Bonchev–Trinajstić information content (AvgIpc) is 2.97. The van der Waals surface area contributed by atoms with E-state index in [4.69, 9.17) is 0 Å². The summed E-state index contributed by atoms with van der Waals surface area (Å²) in [6.07, 6.45) is 1.69. The van der Waals surface area contributed by atoms with Gasteiger partial charge in [0.15, 0.2) is 0 Å². The van der Waals surface area contributed by atoms with Crippen LogP contribution in [0.3, 0.4) is 0 Å². The third-order valence-corrected chi connectivity index (χ3v) is 3.48. The highest BCUT2D eigenvalue weighted by atomic mass is 32.1. The number of nitro groups is 1. The Morgan fingerprint density at radius 1 is 1.50 bits per heavy atom. The fourth-order valence-electron chi connectivity index (χ4n) is 1.54. The van der Waals surface area contributed by atoms with E-state index < -0.39 is 0 Å². The minimum atomic E-state index is -0.373. The van der Waals surface area contributed by atoms with Crippen molar-refractivity contribution in [1.82, 2.24) is 20.1 Å². The fourth-order valence-corrected chi connectivity index (χ4v) is 2.33. The van der Waals surface area contributed by atoms with Crippen LogP contribution in [0.2, 0.25) is 0 Å². The number of nitrogens with zero attached hydrogens (tertiary/aromatic N) is 4. The van der Waals surface area contributed by atoms with Gasteiger partial charge in [0, 0.05) is 24.0 Å². The van der Waals surface area contributed by atoms with E-state index in [1.165, 1.54) is 17.4 Å². The Hall–Kier alpha value is -1.80. The molecule has 2 rings (SSSR count). The summed E-state index contributed by atoms with van der Waals surface area (Å²) in [5.74, 6) is 0.864. The fraction of sp³-hybridized carbons (Fsp3) is 0.400. The zero-order valence-corrected chi connectivity index (χ0v) is 10.7. The number of thiophene rings is 1. The lowest BCUT2D eigenvalue weighted by atomic mass is 10.4. The minimum absolute atomic E-state index is 0.170. The van der Waals surface area contributed by atoms with Gasteiger partial charge in [0.25, 0.3) is 0 Å². The summed E-state index contributed by atoms with van der Waals surface area (Å²) in [6.45, 7) is 4.04. The van der Waals surface area contributed by atoms with E-state index in [0.717, 1.165) is 17.2 Å². The molecule has 0 bridgehead atoms. The van der Waals surface area contributed by atoms with Crippen molar-refractivity contribution in [1.29, 1.82) is 0 Å². The lowest BCUT2D eigenvalue weighted by Gasteiger charge is -2.03. The molecule has 0 aliphatic heterocycles. The van der Waals surface area contributed by atoms with Crippen LogP contribution in [0.1, 0.15) is 17.6 Å². The first kappa shape index (κ1) is 12.7. The molecule has 0 saturated carbocycles. The van der Waals surface area contributed by atoms with Gasteiger partial charge in [0.1, 0.15) is 12.2 Å². The van der Waals surface area contributed by atoms with Gasteiger partial charge in [-0.25, -0.2) is 0 Å². The van der Waals surface area contributed by atoms with E-state index in [0.29, 0.717) is 13.1 Å². The topological polar surface area (TPSA) is 85.9 Å². The molecule has 0 amide bonds. The summed E-state index contributed by atoms with van der Waals surface area (Å²) in [5.41, 5.74) is 0. The lowest BCUT2D eigenvalue weighted by molar-refractivity contribution is -0.380. The number of nitrogens with one attached hydrogen (secondary N) is 1. The Labute approximate surface area is 108 Å². The second-order valence-electron chi connectivity index (χ2n) is 3.63. The number of rotatable bonds is 6. The highest BCUT2D eigenvalue weighted by molar-refractivity contribution is 7.15. The van der Waals surface area contributed by atoms with Crippen molar-refractivity contribution in [3.8, 4) is 0 Å². The van der Waals surface area contributed by atoms with Gasteiger partial charge in [-0.3, -0.25) is 10.1 Å². The standard InChI is InChI=1S/C10H13N5O2S/c1-2-14-7-12-13-9(14)6-11-5-8-3-4-10(18-8)15(16)17/h3-4,7,11H,2,5-6H2,1H3. The van der Waals surface area contributed by atoms with Crippen LogP contribution >= 0.6 is 11.3 Å². The summed E-state index contributed by atoms with van der Waals surface area (Å²) in [6, 6.07) is 3.29. The van der Waals surface area contributed by atoms with Crippen molar-refractivity contribution in [3.63, 3.8) is 0 Å². The van der Waals surface area contributed by atoms with E-state index in [9.17, 15) is 10.1 Å². The molecular weight excluding hydrogens is 254 g/mol. The number of aryl methyl sites for hydroxylation is 1. The Morgan fingerprint density at radius 2 is 2.33 bits per heavy atom. The predicted molar refractivity (Wildman–Crippen MR) is 67.2 cm³/mol. The van der Waals surface area contributed by atoms with Crippen LogP contribution in [0, 0.1) is 10.1 Å². The molecule has 0 aromatic carbocycles. The molecule has 8 heteroatoms. The molecular formula is C10H13N5O2S. The van der Waals surface area contributed by atoms with Crippen LogP contribution in [-0.4, -0.2) is 19.7 Å². The molecule has 0 aliphatic rings. The van der Waals surface area contributed by atoms with Gasteiger partial charge in [-0.05, 0) is 13.0 Å². The summed E-state index contributed by atoms with van der Waals surface area (Å²) in [5, 5.41) is 21.7. The maximum absolute atomic E-state index is 10.5. The van der Waals surface area contributed by atoms with Crippen LogP contribution < -0.4 is 5.32 Å². The lowest BCUT2D eigenvalue weighted by Crippen LogP contribution is -2.15. The van der Waals surface area contributed by atoms with Crippen molar-refractivity contribution in [2.45, 2.75) is 26.6 Å². The first-order valence-corrected chi connectivity index (χ1v) is 6.33. The van der Waals surface area contributed by atoms with Gasteiger partial charge in [-0.15, -0.1) is 10.2 Å². The maximum atomic E-state index is 10.5. The molecule has 2 aromatic heterocycles. The summed E-state index contributed by atoms with van der Waals surface area (Å²) < 4.78 is 1.95. The predicted octanol–water partition coefficient (Wildman–Crippen LogP) is 1.56. The molecule has 0 saturated heterocycles. The number of hydrogen-bond donors (Lipinski definition) is 1. The minimum Gasteiger partial charge on any atom is -0.317 e. The van der Waals surface area contributed by atoms with Crippen LogP contribution in [0.4, 0.5) is 5.00 Å². The van der Waals surface area contributed by atoms with Crippen LogP contribution in [0.15, 0.2) is 18.5 Å². The molecule has 96 valence electrons. The van der Waals surface area contributed by atoms with Crippen molar-refractivity contribution in [2.24, 2.45) is 0 Å². The smallest absolute Gasteiger partial charge is 0.317 e. The second-order valence-corrected chi connectivity index (χ2v) is 4.78. The van der Waals surface area contributed by atoms with Crippen molar-refractivity contribution >= 4 is 16.3 Å². The van der Waals surface area contributed by atoms with Crippen LogP contribution in [-0.2, 0) is 19.6 Å². The quantitative estimate of drug-likeness (QED) is 0.634. The average molecular weight is 267 g/mol. The monoisotopic (exact) mass is 267 g/mol. The van der Waals surface area contributed by atoms with Gasteiger partial charge >= 0.3 is 5.00 Å². The molecule has 7 nitrogen and oxygen atoms in total. The van der Waals surface area contributed by atoms with Gasteiger partial charge < -0.3 is 9.88 Å². The third kappa shape index (κ3) is 2.90. The Morgan fingerprint density at radius 3 is 3.00 bits per heavy atom. The normalized spacial score (nSPS) is 10.7. The second kappa shape index (κ2) is 5.69. The van der Waals surface area contributed by atoms with E-state index >= 15 is 0 Å². The van der Waals surface area contributed by atoms with E-state index in [1.54, 1.807) is 12.4 Å². The van der Waals surface area contributed by atoms with Gasteiger partial charge in [-0.2, -0.15) is 0 Å². The van der Waals surface area contributed by atoms with Crippen LogP contribution in [0.25, 0.3) is 0 Å².